The highest BCUT2D eigenvalue weighted by Gasteiger charge is 2.37. The molecule has 0 aliphatic carbocycles. The first kappa shape index (κ1) is 13.5. The lowest BCUT2D eigenvalue weighted by atomic mass is 9.99. The maximum atomic E-state index is 13.0. The highest BCUT2D eigenvalue weighted by Crippen LogP contribution is 2.25. The monoisotopic (exact) mass is 265 g/mol. The Labute approximate surface area is 110 Å². The van der Waals surface area contributed by atoms with E-state index in [2.05, 4.69) is 0 Å². The smallest absolute Gasteiger partial charge is 0.308 e. The van der Waals surface area contributed by atoms with E-state index in [1.165, 1.54) is 23.1 Å². The SMILES string of the molecule is Cc1cc(F)ccc1C(=O)N1CC(C)C(C(=O)O)C1. The van der Waals surface area contributed by atoms with Crippen LogP contribution >= 0.6 is 0 Å². The molecule has 2 rings (SSSR count). The van der Waals surface area contributed by atoms with Crippen LogP contribution in [0.2, 0.25) is 0 Å². The number of aliphatic carboxylic acids is 1. The van der Waals surface area contributed by atoms with Crippen LogP contribution in [0, 0.1) is 24.6 Å². The molecule has 0 radical (unpaired) electrons. The summed E-state index contributed by atoms with van der Waals surface area (Å²) in [7, 11) is 0. The number of aryl methyl sites for hydroxylation is 1. The Morgan fingerprint density at radius 2 is 2.05 bits per heavy atom. The van der Waals surface area contributed by atoms with Crippen LogP contribution in [0.5, 0.6) is 0 Å². The largest absolute Gasteiger partial charge is 0.481 e. The molecule has 1 aliphatic heterocycles. The molecular formula is C14H16FNO3. The van der Waals surface area contributed by atoms with Gasteiger partial charge in [-0.2, -0.15) is 0 Å². The van der Waals surface area contributed by atoms with Crippen molar-refractivity contribution in [3.8, 4) is 0 Å². The summed E-state index contributed by atoms with van der Waals surface area (Å²) in [6, 6.07) is 4.00. The summed E-state index contributed by atoms with van der Waals surface area (Å²) >= 11 is 0. The van der Waals surface area contributed by atoms with Gasteiger partial charge in [0.1, 0.15) is 5.82 Å². The fourth-order valence-electron chi connectivity index (χ4n) is 2.49. The first-order valence-electron chi connectivity index (χ1n) is 6.18. The number of nitrogens with zero attached hydrogens (tertiary/aromatic N) is 1. The van der Waals surface area contributed by atoms with Gasteiger partial charge >= 0.3 is 5.97 Å². The molecule has 1 aliphatic rings. The van der Waals surface area contributed by atoms with Crippen LogP contribution < -0.4 is 0 Å². The summed E-state index contributed by atoms with van der Waals surface area (Å²) in [5, 5.41) is 9.06. The van der Waals surface area contributed by atoms with Gasteiger partial charge in [0.05, 0.1) is 5.92 Å². The first-order valence-corrected chi connectivity index (χ1v) is 6.18. The van der Waals surface area contributed by atoms with Crippen molar-refractivity contribution in [1.82, 2.24) is 4.90 Å². The summed E-state index contributed by atoms with van der Waals surface area (Å²) in [5.41, 5.74) is 0.996. The van der Waals surface area contributed by atoms with Crippen molar-refractivity contribution in [2.75, 3.05) is 13.1 Å². The number of benzene rings is 1. The second-order valence-electron chi connectivity index (χ2n) is 5.09. The van der Waals surface area contributed by atoms with Crippen LogP contribution in [0.1, 0.15) is 22.8 Å². The molecule has 1 N–H and O–H groups in total. The Kier molecular flexibility index (Phi) is 3.55. The minimum atomic E-state index is -0.876. The summed E-state index contributed by atoms with van der Waals surface area (Å²) in [6.45, 7) is 4.13. The molecule has 0 saturated carbocycles. The third kappa shape index (κ3) is 2.59. The lowest BCUT2D eigenvalue weighted by Gasteiger charge is -2.17. The fourth-order valence-corrected chi connectivity index (χ4v) is 2.49. The second kappa shape index (κ2) is 4.99. The van der Waals surface area contributed by atoms with Crippen molar-refractivity contribution >= 4 is 11.9 Å². The number of carbonyl (C=O) groups excluding carboxylic acids is 1. The van der Waals surface area contributed by atoms with Crippen LogP contribution in [0.15, 0.2) is 18.2 Å². The number of hydrogen-bond acceptors (Lipinski definition) is 2. The Morgan fingerprint density at radius 1 is 1.37 bits per heavy atom. The van der Waals surface area contributed by atoms with Gasteiger partial charge in [0.25, 0.3) is 5.91 Å². The normalized spacial score (nSPS) is 22.6. The van der Waals surface area contributed by atoms with Crippen molar-refractivity contribution in [2.45, 2.75) is 13.8 Å². The molecule has 1 heterocycles. The van der Waals surface area contributed by atoms with Gasteiger partial charge < -0.3 is 10.0 Å². The summed E-state index contributed by atoms with van der Waals surface area (Å²) in [4.78, 5) is 24.9. The Morgan fingerprint density at radius 3 is 2.58 bits per heavy atom. The van der Waals surface area contributed by atoms with E-state index in [9.17, 15) is 14.0 Å². The van der Waals surface area contributed by atoms with Crippen LogP contribution in [0.3, 0.4) is 0 Å². The van der Waals surface area contributed by atoms with Gasteiger partial charge in [0, 0.05) is 18.7 Å². The van der Waals surface area contributed by atoms with Crippen LogP contribution in [0.4, 0.5) is 4.39 Å². The summed E-state index contributed by atoms with van der Waals surface area (Å²) in [5.74, 6) is -2.08. The number of amides is 1. The molecule has 102 valence electrons. The topological polar surface area (TPSA) is 57.6 Å². The zero-order chi connectivity index (χ0) is 14.2. The Bertz CT molecular complexity index is 529. The lowest BCUT2D eigenvalue weighted by molar-refractivity contribution is -0.142. The quantitative estimate of drug-likeness (QED) is 0.888. The van der Waals surface area contributed by atoms with Gasteiger partial charge in [0.15, 0.2) is 0 Å². The van der Waals surface area contributed by atoms with Crippen LogP contribution in [-0.2, 0) is 4.79 Å². The van der Waals surface area contributed by atoms with Crippen molar-refractivity contribution in [3.05, 3.63) is 35.1 Å². The third-order valence-electron chi connectivity index (χ3n) is 3.64. The number of carboxylic acid groups (broad SMARTS) is 1. The van der Waals surface area contributed by atoms with E-state index >= 15 is 0 Å². The zero-order valence-corrected chi connectivity index (χ0v) is 10.9. The van der Waals surface area contributed by atoms with Crippen LogP contribution in [-0.4, -0.2) is 35.0 Å². The average molecular weight is 265 g/mol. The molecule has 2 unspecified atom stereocenters. The molecule has 1 aromatic carbocycles. The van der Waals surface area contributed by atoms with Crippen LogP contribution in [0.25, 0.3) is 0 Å². The molecule has 0 spiro atoms. The van der Waals surface area contributed by atoms with Crippen molar-refractivity contribution in [3.63, 3.8) is 0 Å². The van der Waals surface area contributed by atoms with Gasteiger partial charge in [0.2, 0.25) is 0 Å². The fraction of sp³-hybridized carbons (Fsp3) is 0.429. The van der Waals surface area contributed by atoms with E-state index in [1.807, 2.05) is 6.92 Å². The minimum Gasteiger partial charge on any atom is -0.481 e. The summed E-state index contributed by atoms with van der Waals surface area (Å²) < 4.78 is 13.0. The van der Waals surface area contributed by atoms with Gasteiger partial charge in [-0.25, -0.2) is 4.39 Å². The number of carboxylic acids is 1. The Hall–Kier alpha value is -1.91. The standard InChI is InChI=1S/C14H16FNO3/c1-8-5-10(15)3-4-11(8)13(17)16-6-9(2)12(7-16)14(18)19/h3-5,9,12H,6-7H2,1-2H3,(H,18,19). The van der Waals surface area contributed by atoms with Crippen molar-refractivity contribution in [1.29, 1.82) is 0 Å². The molecule has 19 heavy (non-hydrogen) atoms. The van der Waals surface area contributed by atoms with Crippen molar-refractivity contribution in [2.24, 2.45) is 11.8 Å². The molecule has 0 bridgehead atoms. The highest BCUT2D eigenvalue weighted by atomic mass is 19.1. The third-order valence-corrected chi connectivity index (χ3v) is 3.64. The molecule has 4 nitrogen and oxygen atoms in total. The number of hydrogen-bond donors (Lipinski definition) is 1. The molecule has 5 heteroatoms. The number of likely N-dealkylation sites (tertiary alicyclic amines) is 1. The molecule has 1 aromatic rings. The predicted octanol–water partition coefficient (Wildman–Crippen LogP) is 1.93. The second-order valence-corrected chi connectivity index (χ2v) is 5.09. The molecule has 1 saturated heterocycles. The van der Waals surface area contributed by atoms with E-state index < -0.39 is 11.9 Å². The van der Waals surface area contributed by atoms with Crippen molar-refractivity contribution < 1.29 is 19.1 Å². The molecule has 2 atom stereocenters. The average Bonchev–Trinajstić information content (AvgIpc) is 2.70. The molecule has 1 amide bonds. The van der Waals surface area contributed by atoms with E-state index in [1.54, 1.807) is 6.92 Å². The number of rotatable bonds is 2. The van der Waals surface area contributed by atoms with E-state index in [4.69, 9.17) is 5.11 Å². The molecule has 0 aromatic heterocycles. The van der Waals surface area contributed by atoms with Gasteiger partial charge in [-0.05, 0) is 36.6 Å². The predicted molar refractivity (Wildman–Crippen MR) is 67.3 cm³/mol. The van der Waals surface area contributed by atoms with Gasteiger partial charge in [-0.3, -0.25) is 9.59 Å². The first-order chi connectivity index (χ1) is 8.90. The molecular weight excluding hydrogens is 249 g/mol. The van der Waals surface area contributed by atoms with Gasteiger partial charge in [-0.1, -0.05) is 6.92 Å². The lowest BCUT2D eigenvalue weighted by Crippen LogP contribution is -2.30. The van der Waals surface area contributed by atoms with Gasteiger partial charge in [-0.15, -0.1) is 0 Å². The van der Waals surface area contributed by atoms with E-state index in [0.29, 0.717) is 17.7 Å². The summed E-state index contributed by atoms with van der Waals surface area (Å²) in [6.07, 6.45) is 0. The Balaban J connectivity index is 2.19. The maximum Gasteiger partial charge on any atom is 0.308 e. The highest BCUT2D eigenvalue weighted by molar-refractivity contribution is 5.96. The number of carbonyl (C=O) groups is 2. The molecule has 1 fully saturated rings. The van der Waals surface area contributed by atoms with E-state index in [0.717, 1.165) is 0 Å². The number of halogens is 1. The minimum absolute atomic E-state index is 0.0674. The van der Waals surface area contributed by atoms with E-state index in [-0.39, 0.29) is 24.2 Å². The maximum absolute atomic E-state index is 13.0. The zero-order valence-electron chi connectivity index (χ0n) is 10.9.